The maximum atomic E-state index is 13.3. The van der Waals surface area contributed by atoms with Crippen molar-refractivity contribution in [2.75, 3.05) is 5.32 Å². The van der Waals surface area contributed by atoms with Gasteiger partial charge in [-0.15, -0.1) is 0 Å². The monoisotopic (exact) mass is 412 g/mol. The van der Waals surface area contributed by atoms with Crippen LogP contribution in [0.1, 0.15) is 42.3 Å². The molecule has 30 heavy (non-hydrogen) atoms. The zero-order valence-corrected chi connectivity index (χ0v) is 17.2. The molecule has 0 aliphatic carbocycles. The van der Waals surface area contributed by atoms with Gasteiger partial charge in [-0.3, -0.25) is 0 Å². The highest BCUT2D eigenvalue weighted by Gasteiger charge is 2.33. The van der Waals surface area contributed by atoms with E-state index in [0.717, 1.165) is 44.0 Å². The molecule has 0 aliphatic heterocycles. The van der Waals surface area contributed by atoms with Crippen LogP contribution in [0.25, 0.3) is 5.70 Å². The average Bonchev–Trinajstić information content (AvgIpc) is 3.11. The molecule has 0 amide bonds. The lowest BCUT2D eigenvalue weighted by Gasteiger charge is -2.18. The van der Waals surface area contributed by atoms with Gasteiger partial charge in [-0.25, -0.2) is 0 Å². The Morgan fingerprint density at radius 2 is 1.63 bits per heavy atom. The Bertz CT molecular complexity index is 972. The third-order valence-corrected chi connectivity index (χ3v) is 5.09. The van der Waals surface area contributed by atoms with E-state index in [0.29, 0.717) is 5.70 Å². The van der Waals surface area contributed by atoms with Crippen molar-refractivity contribution in [1.29, 1.82) is 0 Å². The minimum atomic E-state index is -4.42. The molecule has 1 heterocycles. The number of benzene rings is 2. The zero-order valence-electron chi connectivity index (χ0n) is 17.2. The molecule has 0 saturated carbocycles. The van der Waals surface area contributed by atoms with E-state index in [1.54, 1.807) is 6.07 Å². The van der Waals surface area contributed by atoms with Crippen molar-refractivity contribution in [1.82, 2.24) is 4.57 Å². The SMILES string of the molecule is C=C(Nc1ccccc1C(F)(F)F)c1ccc(CCCc2ccccc2)n1CCC. The molecule has 0 radical (unpaired) electrons. The van der Waals surface area contributed by atoms with E-state index < -0.39 is 11.7 Å². The summed E-state index contributed by atoms with van der Waals surface area (Å²) in [7, 11) is 0. The molecule has 3 aromatic rings. The van der Waals surface area contributed by atoms with Crippen molar-refractivity contribution in [2.45, 2.75) is 45.3 Å². The first kappa shape index (κ1) is 21.8. The van der Waals surface area contributed by atoms with Crippen LogP contribution in [0.4, 0.5) is 18.9 Å². The Kier molecular flexibility index (Phi) is 7.03. The van der Waals surface area contributed by atoms with E-state index in [2.05, 4.69) is 41.6 Å². The van der Waals surface area contributed by atoms with Gasteiger partial charge in [-0.05, 0) is 55.5 Å². The summed E-state index contributed by atoms with van der Waals surface area (Å²) in [6.45, 7) is 6.91. The van der Waals surface area contributed by atoms with Crippen LogP contribution in [0.5, 0.6) is 0 Å². The van der Waals surface area contributed by atoms with Crippen molar-refractivity contribution in [3.8, 4) is 0 Å². The average molecular weight is 412 g/mol. The minimum Gasteiger partial charge on any atom is -0.354 e. The summed E-state index contributed by atoms with van der Waals surface area (Å²) in [5, 5.41) is 2.89. The van der Waals surface area contributed by atoms with Crippen LogP contribution in [0, 0.1) is 0 Å². The highest BCUT2D eigenvalue weighted by molar-refractivity contribution is 5.75. The van der Waals surface area contributed by atoms with Crippen molar-refractivity contribution >= 4 is 11.4 Å². The number of halogens is 3. The lowest BCUT2D eigenvalue weighted by atomic mass is 10.1. The molecule has 0 atom stereocenters. The summed E-state index contributed by atoms with van der Waals surface area (Å²) in [5.74, 6) is 0. The van der Waals surface area contributed by atoms with E-state index in [4.69, 9.17) is 0 Å². The molecule has 1 N–H and O–H groups in total. The number of aryl methyl sites for hydroxylation is 2. The molecule has 1 aromatic heterocycles. The molecule has 2 nitrogen and oxygen atoms in total. The molecular weight excluding hydrogens is 385 g/mol. The third kappa shape index (κ3) is 5.35. The van der Waals surface area contributed by atoms with Crippen LogP contribution in [0.2, 0.25) is 0 Å². The Morgan fingerprint density at radius 1 is 0.933 bits per heavy atom. The number of anilines is 1. The lowest BCUT2D eigenvalue weighted by Crippen LogP contribution is -2.12. The first-order valence-corrected chi connectivity index (χ1v) is 10.2. The fourth-order valence-corrected chi connectivity index (χ4v) is 3.66. The van der Waals surface area contributed by atoms with Gasteiger partial charge in [0.2, 0.25) is 0 Å². The molecule has 158 valence electrons. The molecule has 0 fully saturated rings. The highest BCUT2D eigenvalue weighted by Crippen LogP contribution is 2.35. The molecule has 3 rings (SSSR count). The van der Waals surface area contributed by atoms with Crippen molar-refractivity contribution < 1.29 is 13.2 Å². The van der Waals surface area contributed by atoms with E-state index in [1.165, 1.54) is 23.4 Å². The highest BCUT2D eigenvalue weighted by atomic mass is 19.4. The van der Waals surface area contributed by atoms with Gasteiger partial charge in [0.15, 0.2) is 0 Å². The second-order valence-corrected chi connectivity index (χ2v) is 7.35. The van der Waals surface area contributed by atoms with Crippen LogP contribution < -0.4 is 5.32 Å². The number of nitrogens with one attached hydrogen (secondary N) is 1. The van der Waals surface area contributed by atoms with Gasteiger partial charge in [0, 0.05) is 12.2 Å². The number of hydrogen-bond acceptors (Lipinski definition) is 1. The van der Waals surface area contributed by atoms with Crippen LogP contribution in [-0.2, 0) is 25.6 Å². The molecular formula is C25H27F3N2. The predicted octanol–water partition coefficient (Wildman–Crippen LogP) is 7.18. The fraction of sp³-hybridized carbons (Fsp3) is 0.280. The quantitative estimate of drug-likeness (QED) is 0.394. The van der Waals surface area contributed by atoms with Crippen molar-refractivity contribution in [3.05, 3.63) is 95.8 Å². The van der Waals surface area contributed by atoms with E-state index in [1.807, 2.05) is 24.3 Å². The summed E-state index contributed by atoms with van der Waals surface area (Å²) in [6, 6.07) is 19.8. The van der Waals surface area contributed by atoms with Gasteiger partial charge < -0.3 is 9.88 Å². The fourth-order valence-electron chi connectivity index (χ4n) is 3.66. The number of hydrogen-bond donors (Lipinski definition) is 1. The van der Waals surface area contributed by atoms with Gasteiger partial charge in [0.25, 0.3) is 0 Å². The summed E-state index contributed by atoms with van der Waals surface area (Å²) >= 11 is 0. The van der Waals surface area contributed by atoms with Crippen LogP contribution in [-0.4, -0.2) is 4.57 Å². The van der Waals surface area contributed by atoms with Gasteiger partial charge in [-0.2, -0.15) is 13.2 Å². The molecule has 0 saturated heterocycles. The van der Waals surface area contributed by atoms with E-state index >= 15 is 0 Å². The lowest BCUT2D eigenvalue weighted by molar-refractivity contribution is -0.136. The maximum Gasteiger partial charge on any atom is 0.418 e. The molecule has 0 aliphatic rings. The maximum absolute atomic E-state index is 13.3. The molecule has 0 spiro atoms. The Hall–Kier alpha value is -2.95. The largest absolute Gasteiger partial charge is 0.418 e. The van der Waals surface area contributed by atoms with Crippen molar-refractivity contribution in [3.63, 3.8) is 0 Å². The van der Waals surface area contributed by atoms with Crippen molar-refractivity contribution in [2.24, 2.45) is 0 Å². The summed E-state index contributed by atoms with van der Waals surface area (Å²) in [4.78, 5) is 0. The Balaban J connectivity index is 1.75. The second-order valence-electron chi connectivity index (χ2n) is 7.35. The topological polar surface area (TPSA) is 17.0 Å². The second kappa shape index (κ2) is 9.70. The summed E-state index contributed by atoms with van der Waals surface area (Å²) < 4.78 is 42.1. The molecule has 2 aromatic carbocycles. The van der Waals surface area contributed by atoms with Crippen LogP contribution in [0.3, 0.4) is 0 Å². The van der Waals surface area contributed by atoms with Crippen LogP contribution in [0.15, 0.2) is 73.3 Å². The first-order chi connectivity index (χ1) is 14.4. The number of para-hydroxylation sites is 1. The van der Waals surface area contributed by atoms with E-state index in [-0.39, 0.29) is 5.69 Å². The van der Waals surface area contributed by atoms with E-state index in [9.17, 15) is 13.2 Å². The van der Waals surface area contributed by atoms with Gasteiger partial charge in [-0.1, -0.05) is 56.0 Å². The summed E-state index contributed by atoms with van der Waals surface area (Å²) in [6.07, 6.45) is -0.585. The Labute approximate surface area is 176 Å². The normalized spacial score (nSPS) is 11.5. The summed E-state index contributed by atoms with van der Waals surface area (Å²) in [5.41, 5.74) is 3.10. The third-order valence-electron chi connectivity index (χ3n) is 5.09. The minimum absolute atomic E-state index is 0.0184. The van der Waals surface area contributed by atoms with Gasteiger partial charge in [0.1, 0.15) is 0 Å². The van der Waals surface area contributed by atoms with Crippen LogP contribution >= 0.6 is 0 Å². The Morgan fingerprint density at radius 3 is 2.33 bits per heavy atom. The predicted molar refractivity (Wildman–Crippen MR) is 117 cm³/mol. The number of rotatable bonds is 9. The number of alkyl halides is 3. The molecule has 0 bridgehead atoms. The molecule has 5 heteroatoms. The van der Waals surface area contributed by atoms with Gasteiger partial charge in [0.05, 0.1) is 22.6 Å². The van der Waals surface area contributed by atoms with Gasteiger partial charge >= 0.3 is 6.18 Å². The number of aromatic nitrogens is 1. The smallest absolute Gasteiger partial charge is 0.354 e. The molecule has 0 unspecified atom stereocenters. The zero-order chi connectivity index (χ0) is 21.6. The standard InChI is InChI=1S/C25H27F3N2/c1-3-18-30-21(13-9-12-20-10-5-4-6-11-20)16-17-24(30)19(2)29-23-15-8-7-14-22(23)25(26,27)28/h4-8,10-11,14-17,29H,2-3,9,12-13,18H2,1H3. The first-order valence-electron chi connectivity index (χ1n) is 10.2. The number of nitrogens with zero attached hydrogens (tertiary/aromatic N) is 1.